The molecule has 2 heterocycles. The van der Waals surface area contributed by atoms with E-state index in [9.17, 15) is 0 Å². The molecule has 0 saturated carbocycles. The molecule has 0 amide bonds. The highest BCUT2D eigenvalue weighted by molar-refractivity contribution is 9.10. The summed E-state index contributed by atoms with van der Waals surface area (Å²) in [6.45, 7) is 2.05. The number of ether oxygens (including phenoxy) is 2. The first-order chi connectivity index (χ1) is 9.78. The topological polar surface area (TPSA) is 69.4 Å². The smallest absolute Gasteiger partial charge is 0.261 e. The van der Waals surface area contributed by atoms with Crippen molar-refractivity contribution in [1.82, 2.24) is 15.5 Å². The highest BCUT2D eigenvalue weighted by Crippen LogP contribution is 2.32. The second kappa shape index (κ2) is 5.90. The van der Waals surface area contributed by atoms with Gasteiger partial charge >= 0.3 is 0 Å². The molecule has 3 rings (SSSR count). The predicted octanol–water partition coefficient (Wildman–Crippen LogP) is 2.17. The van der Waals surface area contributed by atoms with Crippen LogP contribution in [-0.4, -0.2) is 37.0 Å². The molecule has 0 radical (unpaired) electrons. The van der Waals surface area contributed by atoms with Gasteiger partial charge in [0.2, 0.25) is 0 Å². The second-order valence-corrected chi connectivity index (χ2v) is 5.30. The van der Waals surface area contributed by atoms with E-state index < -0.39 is 0 Å². The van der Waals surface area contributed by atoms with Crippen molar-refractivity contribution < 1.29 is 14.0 Å². The van der Waals surface area contributed by atoms with Crippen LogP contribution in [-0.2, 0) is 4.74 Å². The lowest BCUT2D eigenvalue weighted by molar-refractivity contribution is 0.0734. The molecule has 0 spiro atoms. The zero-order valence-corrected chi connectivity index (χ0v) is 12.5. The monoisotopic (exact) mass is 339 g/mol. The first-order valence-electron chi connectivity index (χ1n) is 6.26. The van der Waals surface area contributed by atoms with Gasteiger partial charge in [0.05, 0.1) is 31.9 Å². The van der Waals surface area contributed by atoms with Crippen LogP contribution in [0, 0.1) is 0 Å². The minimum Gasteiger partial charge on any atom is -0.496 e. The number of aromatic nitrogens is 2. The number of benzene rings is 1. The SMILES string of the molecule is COc1cc(Br)ccc1-c1nc(C2COCCN2)no1. The van der Waals surface area contributed by atoms with Gasteiger partial charge < -0.3 is 19.3 Å². The fourth-order valence-corrected chi connectivity index (χ4v) is 2.40. The van der Waals surface area contributed by atoms with E-state index in [1.165, 1.54) is 0 Å². The summed E-state index contributed by atoms with van der Waals surface area (Å²) < 4.78 is 17.0. The van der Waals surface area contributed by atoms with Gasteiger partial charge in [-0.3, -0.25) is 0 Å². The summed E-state index contributed by atoms with van der Waals surface area (Å²) in [5.74, 6) is 1.73. The van der Waals surface area contributed by atoms with Gasteiger partial charge in [0, 0.05) is 11.0 Å². The maximum absolute atomic E-state index is 5.40. The van der Waals surface area contributed by atoms with Gasteiger partial charge in [0.25, 0.3) is 5.89 Å². The molecule has 1 aliphatic rings. The van der Waals surface area contributed by atoms with Crippen molar-refractivity contribution in [1.29, 1.82) is 0 Å². The highest BCUT2D eigenvalue weighted by Gasteiger charge is 2.22. The molecule has 20 heavy (non-hydrogen) atoms. The van der Waals surface area contributed by atoms with Crippen molar-refractivity contribution in [2.45, 2.75) is 6.04 Å². The summed E-state index contributed by atoms with van der Waals surface area (Å²) >= 11 is 3.40. The Labute approximate surface area is 124 Å². The van der Waals surface area contributed by atoms with Gasteiger partial charge in [0.15, 0.2) is 5.82 Å². The average molecular weight is 340 g/mol. The van der Waals surface area contributed by atoms with Crippen LogP contribution in [0.3, 0.4) is 0 Å². The average Bonchev–Trinajstić information content (AvgIpc) is 2.97. The number of hydrogen-bond acceptors (Lipinski definition) is 6. The lowest BCUT2D eigenvalue weighted by Gasteiger charge is -2.20. The summed E-state index contributed by atoms with van der Waals surface area (Å²) in [6.07, 6.45) is 0. The van der Waals surface area contributed by atoms with Gasteiger partial charge in [-0.25, -0.2) is 0 Å². The third-order valence-corrected chi connectivity index (χ3v) is 3.56. The first kappa shape index (κ1) is 13.5. The number of morpholine rings is 1. The lowest BCUT2D eigenvalue weighted by Crippen LogP contribution is -2.35. The zero-order chi connectivity index (χ0) is 13.9. The molecule has 0 aliphatic carbocycles. The molecule has 1 unspecified atom stereocenters. The molecule has 1 N–H and O–H groups in total. The molecule has 1 aliphatic heterocycles. The molecule has 1 aromatic carbocycles. The Bertz CT molecular complexity index is 596. The molecule has 1 aromatic heterocycles. The van der Waals surface area contributed by atoms with Crippen LogP contribution in [0.4, 0.5) is 0 Å². The number of nitrogens with zero attached hydrogens (tertiary/aromatic N) is 2. The zero-order valence-electron chi connectivity index (χ0n) is 10.9. The van der Waals surface area contributed by atoms with Gasteiger partial charge in [-0.15, -0.1) is 0 Å². The molecule has 2 aromatic rings. The fourth-order valence-electron chi connectivity index (χ4n) is 2.06. The van der Waals surface area contributed by atoms with Crippen molar-refractivity contribution in [3.05, 3.63) is 28.5 Å². The molecule has 7 heteroatoms. The third kappa shape index (κ3) is 2.70. The molecular weight excluding hydrogens is 326 g/mol. The number of halogens is 1. The van der Waals surface area contributed by atoms with E-state index in [0.29, 0.717) is 30.7 Å². The normalized spacial score (nSPS) is 19.0. The number of methoxy groups -OCH3 is 1. The Hall–Kier alpha value is -1.44. The van der Waals surface area contributed by atoms with E-state index >= 15 is 0 Å². The number of nitrogens with one attached hydrogen (secondary N) is 1. The van der Waals surface area contributed by atoms with Crippen LogP contribution >= 0.6 is 15.9 Å². The van der Waals surface area contributed by atoms with Crippen LogP contribution in [0.25, 0.3) is 11.5 Å². The Morgan fingerprint density at radius 2 is 2.35 bits per heavy atom. The molecular formula is C13H14BrN3O3. The summed E-state index contributed by atoms with van der Waals surface area (Å²) in [5.41, 5.74) is 0.770. The Balaban J connectivity index is 1.89. The van der Waals surface area contributed by atoms with Crippen molar-refractivity contribution in [2.24, 2.45) is 0 Å². The van der Waals surface area contributed by atoms with E-state index in [1.807, 2.05) is 18.2 Å². The lowest BCUT2D eigenvalue weighted by atomic mass is 10.2. The quantitative estimate of drug-likeness (QED) is 0.924. The molecule has 1 saturated heterocycles. The van der Waals surface area contributed by atoms with E-state index in [2.05, 4.69) is 31.4 Å². The van der Waals surface area contributed by atoms with E-state index in [4.69, 9.17) is 14.0 Å². The van der Waals surface area contributed by atoms with Gasteiger partial charge in [-0.1, -0.05) is 21.1 Å². The molecule has 0 bridgehead atoms. The highest BCUT2D eigenvalue weighted by atomic mass is 79.9. The minimum absolute atomic E-state index is 0.0253. The predicted molar refractivity (Wildman–Crippen MR) is 75.5 cm³/mol. The number of rotatable bonds is 3. The van der Waals surface area contributed by atoms with Crippen molar-refractivity contribution in [2.75, 3.05) is 26.9 Å². The summed E-state index contributed by atoms with van der Waals surface area (Å²) in [5, 5.41) is 7.31. The number of hydrogen-bond donors (Lipinski definition) is 1. The van der Waals surface area contributed by atoms with Crippen molar-refractivity contribution in [3.8, 4) is 17.2 Å². The molecule has 1 atom stereocenters. The molecule has 1 fully saturated rings. The van der Waals surface area contributed by atoms with Gasteiger partial charge in [-0.2, -0.15) is 4.98 Å². The van der Waals surface area contributed by atoms with Gasteiger partial charge in [0.1, 0.15) is 5.75 Å². The second-order valence-electron chi connectivity index (χ2n) is 4.38. The molecule has 6 nitrogen and oxygen atoms in total. The van der Waals surface area contributed by atoms with Crippen LogP contribution in [0.1, 0.15) is 11.9 Å². The molecule has 106 valence electrons. The fraction of sp³-hybridized carbons (Fsp3) is 0.385. The summed E-state index contributed by atoms with van der Waals surface area (Å²) in [6, 6.07) is 5.62. The van der Waals surface area contributed by atoms with Crippen LogP contribution in [0.2, 0.25) is 0 Å². The minimum atomic E-state index is -0.0253. The van der Waals surface area contributed by atoms with Gasteiger partial charge in [-0.05, 0) is 18.2 Å². The van der Waals surface area contributed by atoms with E-state index in [0.717, 1.165) is 16.6 Å². The first-order valence-corrected chi connectivity index (χ1v) is 7.06. The van der Waals surface area contributed by atoms with Crippen LogP contribution in [0.15, 0.2) is 27.2 Å². The standard InChI is InChI=1S/C13H14BrN3O3/c1-18-11-6-8(14)2-3-9(11)13-16-12(17-20-13)10-7-19-5-4-15-10/h2-3,6,10,15H,4-5,7H2,1H3. The van der Waals surface area contributed by atoms with Crippen molar-refractivity contribution in [3.63, 3.8) is 0 Å². The largest absolute Gasteiger partial charge is 0.496 e. The van der Waals surface area contributed by atoms with E-state index in [1.54, 1.807) is 7.11 Å². The van der Waals surface area contributed by atoms with Crippen molar-refractivity contribution >= 4 is 15.9 Å². The summed E-state index contributed by atoms with van der Waals surface area (Å²) in [7, 11) is 1.61. The maximum Gasteiger partial charge on any atom is 0.261 e. The van der Waals surface area contributed by atoms with Crippen LogP contribution < -0.4 is 10.1 Å². The Morgan fingerprint density at radius 3 is 3.10 bits per heavy atom. The third-order valence-electron chi connectivity index (χ3n) is 3.07. The Morgan fingerprint density at radius 1 is 1.45 bits per heavy atom. The maximum atomic E-state index is 5.40. The Kier molecular flexibility index (Phi) is 4.00. The van der Waals surface area contributed by atoms with Crippen LogP contribution in [0.5, 0.6) is 5.75 Å². The van der Waals surface area contributed by atoms with E-state index in [-0.39, 0.29) is 6.04 Å². The summed E-state index contributed by atoms with van der Waals surface area (Å²) in [4.78, 5) is 4.43.